The van der Waals surface area contributed by atoms with E-state index in [9.17, 15) is 14.9 Å². The van der Waals surface area contributed by atoms with Gasteiger partial charge in [0.25, 0.3) is 11.5 Å². The van der Waals surface area contributed by atoms with Crippen molar-refractivity contribution in [2.75, 3.05) is 18.7 Å². The Hall–Kier alpha value is -3.29. The van der Waals surface area contributed by atoms with Crippen molar-refractivity contribution in [2.45, 2.75) is 85.2 Å². The van der Waals surface area contributed by atoms with Gasteiger partial charge in [0, 0.05) is 25.2 Å². The minimum Gasteiger partial charge on any atom is -0.454 e. The molecule has 1 saturated heterocycles. The lowest BCUT2D eigenvalue weighted by Gasteiger charge is -2.20. The molecule has 0 spiro atoms. The van der Waals surface area contributed by atoms with Crippen LogP contribution in [0.1, 0.15) is 87.5 Å². The second kappa shape index (κ2) is 14.6. The Bertz CT molecular complexity index is 1430. The molecule has 2 aromatic rings. The van der Waals surface area contributed by atoms with Gasteiger partial charge in [0.05, 0.1) is 4.91 Å². The largest absolute Gasteiger partial charge is 0.454 e. The highest BCUT2D eigenvalue weighted by Gasteiger charge is 2.32. The van der Waals surface area contributed by atoms with Gasteiger partial charge in [-0.1, -0.05) is 82.4 Å². The standard InChI is InChI=1S/C31H38N4O4S2/c1-4-6-8-9-10-11-15-35-30(37)27(41-31(35)40)17-23-21(3)24(18-32)29(36)34(14-7-5-2)28(23)33-19-22-12-13-25-26(16-22)39-20-38-25/h12-13,16-17,33H,4-11,14-15,19-20H2,1-3H3/b27-17+. The minimum atomic E-state index is -0.334. The fourth-order valence-corrected chi connectivity index (χ4v) is 6.28. The number of carbonyl (C=O) groups excluding carboxylic acids is 1. The van der Waals surface area contributed by atoms with Crippen LogP contribution in [0.25, 0.3) is 6.08 Å². The lowest BCUT2D eigenvalue weighted by atomic mass is 10.0. The molecule has 41 heavy (non-hydrogen) atoms. The Balaban J connectivity index is 1.65. The van der Waals surface area contributed by atoms with E-state index in [1.807, 2.05) is 18.2 Å². The van der Waals surface area contributed by atoms with Crippen molar-refractivity contribution in [2.24, 2.45) is 0 Å². The molecule has 4 rings (SSSR count). The minimum absolute atomic E-state index is 0.0866. The molecule has 0 atom stereocenters. The monoisotopic (exact) mass is 594 g/mol. The number of thioether (sulfide) groups is 1. The van der Waals surface area contributed by atoms with Crippen molar-refractivity contribution in [3.8, 4) is 17.6 Å². The van der Waals surface area contributed by atoms with E-state index in [-0.39, 0.29) is 23.8 Å². The lowest BCUT2D eigenvalue weighted by molar-refractivity contribution is -0.122. The highest BCUT2D eigenvalue weighted by molar-refractivity contribution is 8.26. The van der Waals surface area contributed by atoms with E-state index in [1.54, 1.807) is 22.5 Å². The van der Waals surface area contributed by atoms with Gasteiger partial charge < -0.3 is 14.8 Å². The number of amides is 1. The van der Waals surface area contributed by atoms with Crippen molar-refractivity contribution < 1.29 is 14.3 Å². The van der Waals surface area contributed by atoms with Gasteiger partial charge in [-0.05, 0) is 49.1 Å². The number of rotatable bonds is 14. The van der Waals surface area contributed by atoms with Gasteiger partial charge in [-0.2, -0.15) is 5.26 Å². The fourth-order valence-electron chi connectivity index (χ4n) is 4.99. The van der Waals surface area contributed by atoms with Gasteiger partial charge in [-0.15, -0.1) is 0 Å². The molecular formula is C31H38N4O4S2. The van der Waals surface area contributed by atoms with Crippen LogP contribution in [0.5, 0.6) is 11.5 Å². The summed E-state index contributed by atoms with van der Waals surface area (Å²) in [6, 6.07) is 7.82. The molecule has 8 nitrogen and oxygen atoms in total. The number of benzene rings is 1. The van der Waals surface area contributed by atoms with Crippen molar-refractivity contribution in [1.82, 2.24) is 9.47 Å². The van der Waals surface area contributed by atoms with Crippen LogP contribution >= 0.6 is 24.0 Å². The number of thiocarbonyl (C=S) groups is 1. The normalized spacial score (nSPS) is 15.2. The summed E-state index contributed by atoms with van der Waals surface area (Å²) in [4.78, 5) is 29.0. The Morgan fingerprint density at radius 3 is 2.54 bits per heavy atom. The van der Waals surface area contributed by atoms with Crippen LogP contribution in [0.2, 0.25) is 0 Å². The highest BCUT2D eigenvalue weighted by Crippen LogP contribution is 2.36. The highest BCUT2D eigenvalue weighted by atomic mass is 32.2. The Kier molecular flexibility index (Phi) is 10.9. The maximum atomic E-state index is 13.4. The van der Waals surface area contributed by atoms with Gasteiger partial charge in [-0.25, -0.2) is 0 Å². The second-order valence-electron chi connectivity index (χ2n) is 10.3. The summed E-state index contributed by atoms with van der Waals surface area (Å²) in [5.74, 6) is 1.84. The molecule has 0 unspecified atom stereocenters. The molecule has 1 amide bonds. The molecule has 3 heterocycles. The summed E-state index contributed by atoms with van der Waals surface area (Å²) in [6.45, 7) is 7.67. The summed E-state index contributed by atoms with van der Waals surface area (Å²) in [7, 11) is 0. The SMILES string of the molecule is CCCCCCCCN1C(=O)/C(=C\c2c(C)c(C#N)c(=O)n(CCCC)c2NCc2ccc3c(c2)OCO3)SC1=S. The van der Waals surface area contributed by atoms with E-state index >= 15 is 0 Å². The van der Waals surface area contributed by atoms with Gasteiger partial charge >= 0.3 is 0 Å². The van der Waals surface area contributed by atoms with Gasteiger partial charge in [-0.3, -0.25) is 19.1 Å². The topological polar surface area (TPSA) is 96.6 Å². The summed E-state index contributed by atoms with van der Waals surface area (Å²) in [5.41, 5.74) is 1.89. The van der Waals surface area contributed by atoms with E-state index in [4.69, 9.17) is 21.7 Å². The predicted octanol–water partition coefficient (Wildman–Crippen LogP) is 6.73. The molecule has 218 valence electrons. The van der Waals surface area contributed by atoms with Crippen molar-refractivity contribution in [3.05, 3.63) is 55.7 Å². The summed E-state index contributed by atoms with van der Waals surface area (Å²) in [5, 5.41) is 13.3. The van der Waals surface area contributed by atoms with Crippen LogP contribution in [0.4, 0.5) is 5.82 Å². The molecule has 0 radical (unpaired) electrons. The third-order valence-electron chi connectivity index (χ3n) is 7.39. The van der Waals surface area contributed by atoms with Crippen LogP contribution in [0.15, 0.2) is 27.9 Å². The van der Waals surface area contributed by atoms with E-state index < -0.39 is 0 Å². The number of ether oxygens (including phenoxy) is 2. The molecule has 1 N–H and O–H groups in total. The van der Waals surface area contributed by atoms with Crippen LogP contribution in [-0.4, -0.2) is 33.0 Å². The number of carbonyl (C=O) groups is 1. The average Bonchev–Trinajstić information content (AvgIpc) is 3.54. The van der Waals surface area contributed by atoms with Crippen LogP contribution in [0.3, 0.4) is 0 Å². The quantitative estimate of drug-likeness (QED) is 0.146. The smallest absolute Gasteiger partial charge is 0.270 e. The zero-order valence-electron chi connectivity index (χ0n) is 24.1. The Morgan fingerprint density at radius 1 is 1.05 bits per heavy atom. The Morgan fingerprint density at radius 2 is 1.78 bits per heavy atom. The van der Waals surface area contributed by atoms with Crippen LogP contribution < -0.4 is 20.3 Å². The predicted molar refractivity (Wildman–Crippen MR) is 168 cm³/mol. The molecule has 0 bridgehead atoms. The van der Waals surface area contributed by atoms with Gasteiger partial charge in [0.2, 0.25) is 6.79 Å². The first-order chi connectivity index (χ1) is 19.9. The second-order valence-corrected chi connectivity index (χ2v) is 12.0. The molecule has 1 aromatic carbocycles. The summed E-state index contributed by atoms with van der Waals surface area (Å²) in [6.07, 6.45) is 10.2. The first kappa shape index (κ1) is 30.7. The fraction of sp³-hybridized carbons (Fsp3) is 0.484. The van der Waals surface area contributed by atoms with E-state index in [0.29, 0.717) is 57.3 Å². The molecule has 1 aromatic heterocycles. The number of nitrogens with one attached hydrogen (secondary N) is 1. The number of nitrogens with zero attached hydrogens (tertiary/aromatic N) is 3. The number of aromatic nitrogens is 1. The zero-order chi connectivity index (χ0) is 29.4. The number of pyridine rings is 1. The number of hydrogen-bond acceptors (Lipinski definition) is 8. The maximum Gasteiger partial charge on any atom is 0.270 e. The van der Waals surface area contributed by atoms with Gasteiger partial charge in [0.1, 0.15) is 21.8 Å². The number of hydrogen-bond donors (Lipinski definition) is 1. The molecule has 10 heteroatoms. The summed E-state index contributed by atoms with van der Waals surface area (Å²) >= 11 is 6.86. The number of nitriles is 1. The first-order valence-corrected chi connectivity index (χ1v) is 15.7. The first-order valence-electron chi connectivity index (χ1n) is 14.4. The van der Waals surface area contributed by atoms with Crippen LogP contribution in [-0.2, 0) is 17.9 Å². The molecule has 2 aliphatic heterocycles. The summed E-state index contributed by atoms with van der Waals surface area (Å²) < 4.78 is 13.1. The van der Waals surface area contributed by atoms with Crippen molar-refractivity contribution in [3.63, 3.8) is 0 Å². The average molecular weight is 595 g/mol. The van der Waals surface area contributed by atoms with E-state index in [0.717, 1.165) is 37.7 Å². The number of unbranched alkanes of at least 4 members (excludes halogenated alkanes) is 6. The third-order valence-corrected chi connectivity index (χ3v) is 8.77. The molecule has 0 saturated carbocycles. The van der Waals surface area contributed by atoms with E-state index in [1.165, 1.54) is 31.0 Å². The number of fused-ring (bicyclic) bond motifs is 1. The van der Waals surface area contributed by atoms with E-state index in [2.05, 4.69) is 25.2 Å². The molecular weight excluding hydrogens is 556 g/mol. The number of anilines is 1. The van der Waals surface area contributed by atoms with Gasteiger partial charge in [0.15, 0.2) is 11.5 Å². The van der Waals surface area contributed by atoms with Crippen LogP contribution in [0, 0.1) is 18.3 Å². The molecule has 1 fully saturated rings. The maximum absolute atomic E-state index is 13.4. The third kappa shape index (κ3) is 7.14. The molecule has 0 aliphatic carbocycles. The molecule has 2 aliphatic rings. The Labute approximate surface area is 251 Å². The zero-order valence-corrected chi connectivity index (χ0v) is 25.7. The van der Waals surface area contributed by atoms with Crippen molar-refractivity contribution >= 4 is 46.1 Å². The lowest BCUT2D eigenvalue weighted by Crippen LogP contribution is -2.29. The van der Waals surface area contributed by atoms with Crippen molar-refractivity contribution in [1.29, 1.82) is 5.26 Å².